The van der Waals surface area contributed by atoms with E-state index >= 15 is 0 Å². The van der Waals surface area contributed by atoms with Gasteiger partial charge in [-0.05, 0) is 24.3 Å². The first kappa shape index (κ1) is 14.4. The van der Waals surface area contributed by atoms with Crippen molar-refractivity contribution in [1.82, 2.24) is 4.98 Å². The predicted octanol–water partition coefficient (Wildman–Crippen LogP) is 5.73. The van der Waals surface area contributed by atoms with Crippen molar-refractivity contribution >= 4 is 34.8 Å². The van der Waals surface area contributed by atoms with Crippen LogP contribution < -0.4 is 0 Å². The number of halogens is 6. The van der Waals surface area contributed by atoms with Crippen LogP contribution in [0, 0.1) is 0 Å². The Morgan fingerprint density at radius 3 is 2.21 bits per heavy atom. The molecule has 0 aliphatic rings. The molecule has 0 N–H and O–H groups in total. The van der Waals surface area contributed by atoms with Gasteiger partial charge in [-0.1, -0.05) is 34.8 Å². The van der Waals surface area contributed by atoms with Crippen molar-refractivity contribution in [1.29, 1.82) is 0 Å². The zero-order valence-corrected chi connectivity index (χ0v) is 11.4. The molecular weight excluding hydrogens is 321 g/mol. The van der Waals surface area contributed by atoms with Crippen molar-refractivity contribution in [3.05, 3.63) is 51.1 Å². The first-order valence-corrected chi connectivity index (χ1v) is 6.10. The summed E-state index contributed by atoms with van der Waals surface area (Å²) in [6.45, 7) is 0. The summed E-state index contributed by atoms with van der Waals surface area (Å²) < 4.78 is 37.3. The maximum atomic E-state index is 12.4. The molecule has 0 spiro atoms. The SMILES string of the molecule is FC(F)(F)c1ccc(-c2cc(Cl)cc(Cl)c2Cl)nc1. The van der Waals surface area contributed by atoms with E-state index < -0.39 is 11.7 Å². The third-order valence-electron chi connectivity index (χ3n) is 2.36. The lowest BCUT2D eigenvalue weighted by Gasteiger charge is -2.09. The monoisotopic (exact) mass is 325 g/mol. The Bertz CT molecular complexity index is 609. The van der Waals surface area contributed by atoms with Gasteiger partial charge in [0.15, 0.2) is 0 Å². The van der Waals surface area contributed by atoms with Crippen LogP contribution in [0.15, 0.2) is 30.5 Å². The molecule has 2 rings (SSSR count). The Morgan fingerprint density at radius 1 is 1.00 bits per heavy atom. The van der Waals surface area contributed by atoms with Gasteiger partial charge < -0.3 is 0 Å². The number of pyridine rings is 1. The highest BCUT2D eigenvalue weighted by Gasteiger charge is 2.30. The van der Waals surface area contributed by atoms with Gasteiger partial charge in [0.25, 0.3) is 0 Å². The molecule has 0 saturated heterocycles. The minimum Gasteiger partial charge on any atom is -0.256 e. The summed E-state index contributed by atoms with van der Waals surface area (Å²) in [6.07, 6.45) is -3.69. The fourth-order valence-electron chi connectivity index (χ4n) is 1.46. The second kappa shape index (κ2) is 5.19. The smallest absolute Gasteiger partial charge is 0.256 e. The maximum absolute atomic E-state index is 12.4. The Kier molecular flexibility index (Phi) is 3.95. The quantitative estimate of drug-likeness (QED) is 0.610. The minimum absolute atomic E-state index is 0.193. The largest absolute Gasteiger partial charge is 0.417 e. The lowest BCUT2D eigenvalue weighted by Crippen LogP contribution is -2.05. The molecule has 100 valence electrons. The Morgan fingerprint density at radius 2 is 1.68 bits per heavy atom. The van der Waals surface area contributed by atoms with Crippen LogP contribution in [0.25, 0.3) is 11.3 Å². The van der Waals surface area contributed by atoms with Gasteiger partial charge >= 0.3 is 6.18 Å². The van der Waals surface area contributed by atoms with Crippen molar-refractivity contribution in [2.75, 3.05) is 0 Å². The molecule has 0 amide bonds. The van der Waals surface area contributed by atoms with E-state index in [4.69, 9.17) is 34.8 Å². The highest BCUT2D eigenvalue weighted by molar-refractivity contribution is 6.45. The maximum Gasteiger partial charge on any atom is 0.417 e. The number of nitrogens with zero attached hydrogens (tertiary/aromatic N) is 1. The van der Waals surface area contributed by atoms with Crippen molar-refractivity contribution < 1.29 is 13.2 Å². The van der Waals surface area contributed by atoms with E-state index in [1.54, 1.807) is 0 Å². The topological polar surface area (TPSA) is 12.9 Å². The van der Waals surface area contributed by atoms with Crippen molar-refractivity contribution in [2.45, 2.75) is 6.18 Å². The van der Waals surface area contributed by atoms with Gasteiger partial charge in [-0.25, -0.2) is 0 Å². The third-order valence-corrected chi connectivity index (χ3v) is 3.38. The average molecular weight is 327 g/mol. The summed E-state index contributed by atoms with van der Waals surface area (Å²) in [5.41, 5.74) is -0.184. The van der Waals surface area contributed by atoms with E-state index in [1.807, 2.05) is 0 Å². The standard InChI is InChI=1S/C12H5Cl3F3N/c13-7-3-8(11(15)9(14)4-7)10-2-1-6(5-19-10)12(16,17)18/h1-5H. The van der Waals surface area contributed by atoms with Crippen molar-refractivity contribution in [3.63, 3.8) is 0 Å². The van der Waals surface area contributed by atoms with E-state index in [-0.39, 0.29) is 15.7 Å². The van der Waals surface area contributed by atoms with Crippen LogP contribution in [0.1, 0.15) is 5.56 Å². The van der Waals surface area contributed by atoms with Crippen molar-refractivity contribution in [2.24, 2.45) is 0 Å². The Labute approximate surface area is 121 Å². The van der Waals surface area contributed by atoms with E-state index in [9.17, 15) is 13.2 Å². The molecular formula is C12H5Cl3F3N. The van der Waals surface area contributed by atoms with Crippen LogP contribution in [0.3, 0.4) is 0 Å². The van der Waals surface area contributed by atoms with Crippen LogP contribution >= 0.6 is 34.8 Å². The van der Waals surface area contributed by atoms with Crippen LogP contribution in [-0.2, 0) is 6.18 Å². The summed E-state index contributed by atoms with van der Waals surface area (Å²) in [6, 6.07) is 5.08. The first-order chi connectivity index (χ1) is 8.79. The molecule has 19 heavy (non-hydrogen) atoms. The highest BCUT2D eigenvalue weighted by Crippen LogP contribution is 2.36. The van der Waals surface area contributed by atoms with Gasteiger partial charge in [0.1, 0.15) is 0 Å². The van der Waals surface area contributed by atoms with Gasteiger partial charge in [-0.2, -0.15) is 13.2 Å². The van der Waals surface area contributed by atoms with Crippen molar-refractivity contribution in [3.8, 4) is 11.3 Å². The molecule has 7 heteroatoms. The number of rotatable bonds is 1. The van der Waals surface area contributed by atoms with Gasteiger partial charge in [0.2, 0.25) is 0 Å². The predicted molar refractivity (Wildman–Crippen MR) is 69.7 cm³/mol. The molecule has 2 aromatic rings. The summed E-state index contributed by atoms with van der Waals surface area (Å²) in [5, 5.41) is 0.732. The molecule has 0 unspecified atom stereocenters. The minimum atomic E-state index is -4.43. The summed E-state index contributed by atoms with van der Waals surface area (Å²) >= 11 is 17.7. The zero-order chi connectivity index (χ0) is 14.2. The fourth-order valence-corrected chi connectivity index (χ4v) is 2.16. The molecule has 0 aliphatic heterocycles. The molecule has 0 radical (unpaired) electrons. The van der Waals surface area contributed by atoms with Gasteiger partial charge in [0.05, 0.1) is 21.3 Å². The summed E-state index contributed by atoms with van der Waals surface area (Å²) in [4.78, 5) is 3.74. The molecule has 0 atom stereocenters. The van der Waals surface area contributed by atoms with Gasteiger partial charge in [0, 0.05) is 16.8 Å². The molecule has 1 heterocycles. The average Bonchev–Trinajstić information content (AvgIpc) is 2.33. The molecule has 1 aromatic carbocycles. The van der Waals surface area contributed by atoms with Crippen LogP contribution in [0.5, 0.6) is 0 Å². The van der Waals surface area contributed by atoms with E-state index in [0.717, 1.165) is 12.3 Å². The lowest BCUT2D eigenvalue weighted by atomic mass is 10.1. The summed E-state index contributed by atoms with van der Waals surface area (Å²) in [7, 11) is 0. The van der Waals surface area contributed by atoms with E-state index in [0.29, 0.717) is 10.6 Å². The second-order valence-corrected chi connectivity index (χ2v) is 4.90. The van der Waals surface area contributed by atoms with Crippen LogP contribution in [0.2, 0.25) is 15.1 Å². The first-order valence-electron chi connectivity index (χ1n) is 4.97. The third kappa shape index (κ3) is 3.14. The Hall–Kier alpha value is -0.970. The number of benzene rings is 1. The molecule has 0 saturated carbocycles. The van der Waals surface area contributed by atoms with Gasteiger partial charge in [-0.15, -0.1) is 0 Å². The molecule has 1 aromatic heterocycles. The van der Waals surface area contributed by atoms with Crippen LogP contribution in [0.4, 0.5) is 13.2 Å². The highest BCUT2D eigenvalue weighted by atomic mass is 35.5. The number of aromatic nitrogens is 1. The second-order valence-electron chi connectivity index (χ2n) is 3.68. The number of hydrogen-bond donors (Lipinski definition) is 0. The fraction of sp³-hybridized carbons (Fsp3) is 0.0833. The number of alkyl halides is 3. The van der Waals surface area contributed by atoms with Crippen LogP contribution in [-0.4, -0.2) is 4.98 Å². The van der Waals surface area contributed by atoms with E-state index in [1.165, 1.54) is 18.2 Å². The van der Waals surface area contributed by atoms with E-state index in [2.05, 4.69) is 4.98 Å². The molecule has 0 fully saturated rings. The molecule has 0 bridgehead atoms. The Balaban J connectivity index is 2.49. The lowest BCUT2D eigenvalue weighted by molar-refractivity contribution is -0.137. The molecule has 1 nitrogen and oxygen atoms in total. The molecule has 0 aliphatic carbocycles. The number of hydrogen-bond acceptors (Lipinski definition) is 1. The zero-order valence-electron chi connectivity index (χ0n) is 9.10. The normalized spacial score (nSPS) is 11.7. The summed E-state index contributed by atoms with van der Waals surface area (Å²) in [5.74, 6) is 0. The van der Waals surface area contributed by atoms with Gasteiger partial charge in [-0.3, -0.25) is 4.98 Å².